The first kappa shape index (κ1) is 25.4. The predicted molar refractivity (Wildman–Crippen MR) is 153 cm³/mol. The molecule has 0 spiro atoms. The Kier molecular flexibility index (Phi) is 6.59. The van der Waals surface area contributed by atoms with E-state index in [9.17, 15) is 9.18 Å². The Labute approximate surface area is 232 Å². The number of benzene rings is 3. The third-order valence-corrected chi connectivity index (χ3v) is 7.40. The van der Waals surface area contributed by atoms with Crippen molar-refractivity contribution in [1.29, 1.82) is 0 Å². The van der Waals surface area contributed by atoms with E-state index < -0.39 is 6.04 Å². The number of carbonyl (C=O) groups is 1. The van der Waals surface area contributed by atoms with Crippen LogP contribution in [0.2, 0.25) is 0 Å². The maximum Gasteiger partial charge on any atom is 0.322 e. The number of hydrogen-bond donors (Lipinski definition) is 1. The molecule has 2 amide bonds. The minimum atomic E-state index is -0.457. The number of aryl methyl sites for hydroxylation is 2. The molecule has 3 heterocycles. The number of ether oxygens (including phenoxy) is 1. The first-order valence-electron chi connectivity index (χ1n) is 13.3. The second-order valence-electron chi connectivity index (χ2n) is 9.85. The Morgan fingerprint density at radius 1 is 1.05 bits per heavy atom. The van der Waals surface area contributed by atoms with E-state index in [-0.39, 0.29) is 11.8 Å². The minimum absolute atomic E-state index is 0.301. The number of halogens is 1. The Hall–Kier alpha value is -4.85. The Balaban J connectivity index is 1.55. The predicted octanol–water partition coefficient (Wildman–Crippen LogP) is 6.82. The molecule has 2 aromatic heterocycles. The van der Waals surface area contributed by atoms with Gasteiger partial charge in [0, 0.05) is 17.4 Å². The van der Waals surface area contributed by atoms with Crippen molar-refractivity contribution in [1.82, 2.24) is 19.2 Å². The molecule has 1 N–H and O–H groups in total. The number of aromatic nitrogens is 3. The van der Waals surface area contributed by atoms with E-state index in [4.69, 9.17) is 9.84 Å². The normalized spacial score (nSPS) is 14.3. The number of nitrogens with zero attached hydrogens (tertiary/aromatic N) is 4. The molecule has 3 aromatic carbocycles. The third-order valence-electron chi connectivity index (χ3n) is 7.40. The zero-order valence-electron chi connectivity index (χ0n) is 22.6. The minimum Gasteiger partial charge on any atom is -0.497 e. The number of para-hydroxylation sites is 1. The number of hydrogen-bond acceptors (Lipinski definition) is 3. The van der Waals surface area contributed by atoms with Crippen molar-refractivity contribution in [3.63, 3.8) is 0 Å². The van der Waals surface area contributed by atoms with Crippen molar-refractivity contribution in [3.8, 4) is 17.3 Å². The van der Waals surface area contributed by atoms with Gasteiger partial charge in [-0.3, -0.25) is 0 Å². The quantitative estimate of drug-likeness (QED) is 0.269. The summed E-state index contributed by atoms with van der Waals surface area (Å²) >= 11 is 0. The zero-order valence-corrected chi connectivity index (χ0v) is 22.6. The highest BCUT2D eigenvalue weighted by Gasteiger charge is 2.36. The van der Waals surface area contributed by atoms with Crippen molar-refractivity contribution in [2.24, 2.45) is 0 Å². The summed E-state index contributed by atoms with van der Waals surface area (Å²) in [5.74, 6) is 1.22. The van der Waals surface area contributed by atoms with Crippen LogP contribution >= 0.6 is 0 Å². The molecule has 0 unspecified atom stereocenters. The number of carbonyl (C=O) groups excluding carboxylic acids is 1. The summed E-state index contributed by atoms with van der Waals surface area (Å²) in [6.07, 6.45) is 2.71. The second-order valence-corrected chi connectivity index (χ2v) is 9.85. The largest absolute Gasteiger partial charge is 0.497 e. The van der Waals surface area contributed by atoms with E-state index in [1.165, 1.54) is 6.07 Å². The molecule has 0 bridgehead atoms. The average molecular weight is 536 g/mol. The SMILES string of the molecule is CCc1nn(-c2ccccc2)c2c1CN(C(=O)Nc1ccc(C)c(F)c1)[C@@H](c1cccc(OC)c1)c1cccn1-2. The lowest BCUT2D eigenvalue weighted by molar-refractivity contribution is 0.194. The molecule has 6 rings (SSSR count). The molecule has 0 saturated heterocycles. The van der Waals surface area contributed by atoms with Gasteiger partial charge < -0.3 is 19.5 Å². The summed E-state index contributed by atoms with van der Waals surface area (Å²) in [6.45, 7) is 4.06. The van der Waals surface area contributed by atoms with Gasteiger partial charge in [0.1, 0.15) is 17.4 Å². The number of amides is 2. The first-order chi connectivity index (χ1) is 19.5. The smallest absolute Gasteiger partial charge is 0.322 e. The van der Waals surface area contributed by atoms with Crippen LogP contribution in [0.25, 0.3) is 11.5 Å². The molecule has 0 radical (unpaired) electrons. The molecule has 1 aliphatic rings. The van der Waals surface area contributed by atoms with Crippen LogP contribution in [0.5, 0.6) is 5.75 Å². The van der Waals surface area contributed by atoms with Gasteiger partial charge in [0.2, 0.25) is 0 Å². The highest BCUT2D eigenvalue weighted by Crippen LogP contribution is 2.39. The van der Waals surface area contributed by atoms with Gasteiger partial charge in [0.15, 0.2) is 0 Å². The Morgan fingerprint density at radius 2 is 1.88 bits per heavy atom. The van der Waals surface area contributed by atoms with Crippen molar-refractivity contribution in [3.05, 3.63) is 125 Å². The van der Waals surface area contributed by atoms with E-state index >= 15 is 0 Å². The number of methoxy groups -OCH3 is 1. The molecule has 0 aliphatic carbocycles. The van der Waals surface area contributed by atoms with Crippen molar-refractivity contribution in [2.45, 2.75) is 32.9 Å². The summed E-state index contributed by atoms with van der Waals surface area (Å²) < 4.78 is 24.0. The summed E-state index contributed by atoms with van der Waals surface area (Å²) in [7, 11) is 1.63. The Bertz CT molecular complexity index is 1690. The van der Waals surface area contributed by atoms with E-state index in [1.54, 1.807) is 31.1 Å². The van der Waals surface area contributed by atoms with Crippen LogP contribution in [0.4, 0.5) is 14.9 Å². The van der Waals surface area contributed by atoms with Gasteiger partial charge in [-0.05, 0) is 73.0 Å². The van der Waals surface area contributed by atoms with Gasteiger partial charge in [-0.15, -0.1) is 0 Å². The zero-order chi connectivity index (χ0) is 27.8. The van der Waals surface area contributed by atoms with Gasteiger partial charge >= 0.3 is 6.03 Å². The fourth-order valence-electron chi connectivity index (χ4n) is 5.38. The van der Waals surface area contributed by atoms with E-state index in [0.717, 1.165) is 34.0 Å². The lowest BCUT2D eigenvalue weighted by Gasteiger charge is -2.31. The number of anilines is 1. The first-order valence-corrected chi connectivity index (χ1v) is 13.3. The van der Waals surface area contributed by atoms with Crippen LogP contribution in [-0.2, 0) is 13.0 Å². The highest BCUT2D eigenvalue weighted by molar-refractivity contribution is 5.90. The number of fused-ring (bicyclic) bond motifs is 3. The van der Waals surface area contributed by atoms with Gasteiger partial charge in [-0.2, -0.15) is 5.10 Å². The fraction of sp³-hybridized carbons (Fsp3) is 0.188. The summed E-state index contributed by atoms with van der Waals surface area (Å²) in [6, 6.07) is 25.7. The van der Waals surface area contributed by atoms with Crippen LogP contribution in [0.1, 0.15) is 41.0 Å². The van der Waals surface area contributed by atoms with Crippen molar-refractivity contribution in [2.75, 3.05) is 12.4 Å². The third kappa shape index (κ3) is 4.41. The molecular formula is C32H30FN5O2. The Morgan fingerprint density at radius 3 is 2.62 bits per heavy atom. The molecule has 40 heavy (non-hydrogen) atoms. The molecule has 0 fully saturated rings. The summed E-state index contributed by atoms with van der Waals surface area (Å²) in [5, 5.41) is 7.94. The summed E-state index contributed by atoms with van der Waals surface area (Å²) in [4.78, 5) is 15.9. The van der Waals surface area contributed by atoms with E-state index in [2.05, 4.69) is 16.8 Å². The van der Waals surface area contributed by atoms with E-state index in [0.29, 0.717) is 30.0 Å². The van der Waals surface area contributed by atoms with Crippen LogP contribution in [0.15, 0.2) is 91.1 Å². The van der Waals surface area contributed by atoms with Crippen LogP contribution in [-0.4, -0.2) is 32.4 Å². The standard InChI is InChI=1S/C32H30FN5O2/c1-4-28-26-20-37(32(39)34-23-16-15-21(2)27(33)19-23)30(22-10-8-13-25(18-22)40-3)29-14-9-17-36(29)31(26)38(35-28)24-11-6-5-7-12-24/h5-19,30H,4,20H2,1-3H3,(H,34,39)/t30-/m0/s1. The topological polar surface area (TPSA) is 64.3 Å². The highest BCUT2D eigenvalue weighted by atomic mass is 19.1. The molecule has 1 atom stereocenters. The maximum absolute atomic E-state index is 14.4. The maximum atomic E-state index is 14.4. The molecule has 5 aromatic rings. The molecule has 202 valence electrons. The molecular weight excluding hydrogens is 505 g/mol. The lowest BCUT2D eigenvalue weighted by atomic mass is 10.0. The van der Waals surface area contributed by atoms with E-state index in [1.807, 2.05) is 77.6 Å². The van der Waals surface area contributed by atoms with Gasteiger partial charge in [-0.25, -0.2) is 13.9 Å². The lowest BCUT2D eigenvalue weighted by Crippen LogP contribution is -2.38. The van der Waals surface area contributed by atoms with Crippen LogP contribution in [0, 0.1) is 12.7 Å². The number of rotatable bonds is 5. The average Bonchev–Trinajstić information content (AvgIpc) is 3.56. The van der Waals surface area contributed by atoms with Gasteiger partial charge in [0.05, 0.1) is 36.8 Å². The van der Waals surface area contributed by atoms with Crippen molar-refractivity contribution < 1.29 is 13.9 Å². The van der Waals surface area contributed by atoms with Crippen LogP contribution in [0.3, 0.4) is 0 Å². The van der Waals surface area contributed by atoms with Crippen molar-refractivity contribution >= 4 is 11.7 Å². The summed E-state index contributed by atoms with van der Waals surface area (Å²) in [5.41, 5.74) is 5.51. The van der Waals surface area contributed by atoms with Gasteiger partial charge in [-0.1, -0.05) is 43.3 Å². The van der Waals surface area contributed by atoms with Gasteiger partial charge in [0.25, 0.3) is 0 Å². The number of nitrogens with one attached hydrogen (secondary N) is 1. The molecule has 1 aliphatic heterocycles. The monoisotopic (exact) mass is 535 g/mol. The van der Waals surface area contributed by atoms with Crippen LogP contribution < -0.4 is 10.1 Å². The fourth-order valence-corrected chi connectivity index (χ4v) is 5.38. The second kappa shape index (κ2) is 10.4. The molecule has 7 nitrogen and oxygen atoms in total. The number of urea groups is 1. The molecule has 0 saturated carbocycles. The molecule has 8 heteroatoms.